The van der Waals surface area contributed by atoms with Gasteiger partial charge >= 0.3 is 11.9 Å². The van der Waals surface area contributed by atoms with Crippen LogP contribution in [0.15, 0.2) is 66.4 Å². The monoisotopic (exact) mass is 422 g/mol. The maximum atomic E-state index is 12.9. The largest absolute Gasteiger partial charge is 0.444 e. The first-order valence-corrected chi connectivity index (χ1v) is 9.89. The van der Waals surface area contributed by atoms with Crippen LogP contribution in [0.1, 0.15) is 31.2 Å². The second-order valence-electron chi connectivity index (χ2n) is 6.80. The summed E-state index contributed by atoms with van der Waals surface area (Å²) in [6.45, 7) is 3.25. The lowest BCUT2D eigenvalue weighted by molar-refractivity contribution is -0.143. The van der Waals surface area contributed by atoms with Gasteiger partial charge in [0.15, 0.2) is 17.6 Å². The van der Waals surface area contributed by atoms with Crippen LogP contribution >= 0.6 is 11.6 Å². The van der Waals surface area contributed by atoms with Crippen molar-refractivity contribution in [2.24, 2.45) is 0 Å². The first-order chi connectivity index (χ1) is 14.5. The van der Waals surface area contributed by atoms with E-state index in [0.717, 1.165) is 11.3 Å². The third-order valence-corrected chi connectivity index (χ3v) is 4.99. The van der Waals surface area contributed by atoms with Gasteiger partial charge in [-0.25, -0.2) is 9.48 Å². The lowest BCUT2D eigenvalue weighted by Gasteiger charge is -2.13. The van der Waals surface area contributed by atoms with Gasteiger partial charge in [0.05, 0.1) is 5.69 Å². The van der Waals surface area contributed by atoms with Crippen molar-refractivity contribution in [3.05, 3.63) is 82.7 Å². The molecule has 1 unspecified atom stereocenters. The van der Waals surface area contributed by atoms with E-state index in [0.29, 0.717) is 22.7 Å². The van der Waals surface area contributed by atoms with Gasteiger partial charge in [0.25, 0.3) is 0 Å². The van der Waals surface area contributed by atoms with Crippen LogP contribution in [0.3, 0.4) is 0 Å². The zero-order valence-corrected chi connectivity index (χ0v) is 17.2. The third kappa shape index (κ3) is 3.74. The van der Waals surface area contributed by atoms with Gasteiger partial charge in [0.1, 0.15) is 0 Å². The van der Waals surface area contributed by atoms with Crippen LogP contribution in [0.2, 0.25) is 5.02 Å². The summed E-state index contributed by atoms with van der Waals surface area (Å²) in [6.07, 6.45) is -0.203. The smallest absolute Gasteiger partial charge is 0.361 e. The van der Waals surface area contributed by atoms with Gasteiger partial charge in [-0.3, -0.25) is 4.79 Å². The van der Waals surface area contributed by atoms with E-state index < -0.39 is 18.0 Å². The number of carbonyl (C=O) groups excluding carboxylic acids is 2. The maximum absolute atomic E-state index is 12.9. The Balaban J connectivity index is 1.86. The molecule has 1 aliphatic rings. The van der Waals surface area contributed by atoms with E-state index in [1.54, 1.807) is 12.1 Å². The van der Waals surface area contributed by atoms with Crippen LogP contribution in [0.4, 0.5) is 0 Å². The Labute approximate surface area is 178 Å². The number of rotatable bonds is 5. The Morgan fingerprint density at radius 1 is 1.17 bits per heavy atom. The molecule has 1 aliphatic heterocycles. The van der Waals surface area contributed by atoms with Gasteiger partial charge in [0, 0.05) is 28.8 Å². The summed E-state index contributed by atoms with van der Waals surface area (Å²) < 4.78 is 12.6. The molecule has 0 radical (unpaired) electrons. The Morgan fingerprint density at radius 2 is 1.87 bits per heavy atom. The van der Waals surface area contributed by atoms with Crippen LogP contribution in [0, 0.1) is 0 Å². The quantitative estimate of drug-likeness (QED) is 0.552. The highest BCUT2D eigenvalue weighted by atomic mass is 35.5. The molecule has 7 heteroatoms. The van der Waals surface area contributed by atoms with E-state index in [4.69, 9.17) is 21.1 Å². The van der Waals surface area contributed by atoms with Crippen molar-refractivity contribution in [2.45, 2.75) is 26.4 Å². The Hall–Kier alpha value is -3.38. The van der Waals surface area contributed by atoms with Gasteiger partial charge < -0.3 is 9.47 Å². The molecule has 0 aliphatic carbocycles. The van der Waals surface area contributed by atoms with Gasteiger partial charge in [0.2, 0.25) is 0 Å². The zero-order chi connectivity index (χ0) is 21.3. The number of cyclic esters (lactones) is 1. The van der Waals surface area contributed by atoms with E-state index in [2.05, 4.69) is 5.10 Å². The minimum Gasteiger partial charge on any atom is -0.444 e. The zero-order valence-electron chi connectivity index (χ0n) is 16.5. The molecule has 0 fully saturated rings. The molecular weight excluding hydrogens is 404 g/mol. The fraction of sp³-hybridized carbons (Fsp3) is 0.174. The fourth-order valence-corrected chi connectivity index (χ4v) is 3.49. The third-order valence-electron chi connectivity index (χ3n) is 4.74. The molecule has 1 aromatic heterocycles. The second-order valence-corrected chi connectivity index (χ2v) is 7.23. The molecule has 6 nitrogen and oxygen atoms in total. The number of halogens is 1. The van der Waals surface area contributed by atoms with Crippen LogP contribution in [0.5, 0.6) is 0 Å². The summed E-state index contributed by atoms with van der Waals surface area (Å²) in [5.74, 6) is -0.996. The molecule has 0 saturated heterocycles. The molecule has 0 spiro atoms. The molecule has 30 heavy (non-hydrogen) atoms. The minimum atomic E-state index is -0.814. The number of nitrogens with zero attached hydrogens (tertiary/aromatic N) is 2. The Kier molecular flexibility index (Phi) is 5.42. The molecule has 1 atom stereocenters. The van der Waals surface area contributed by atoms with E-state index >= 15 is 0 Å². The van der Waals surface area contributed by atoms with Crippen LogP contribution < -0.4 is 0 Å². The molecule has 0 amide bonds. The number of carbonyl (C=O) groups is 2. The van der Waals surface area contributed by atoms with Crippen molar-refractivity contribution < 1.29 is 19.1 Å². The number of ether oxygens (including phenoxy) is 2. The molecule has 2 heterocycles. The molecule has 2 aromatic carbocycles. The van der Waals surface area contributed by atoms with Crippen molar-refractivity contribution in [3.63, 3.8) is 0 Å². The molecule has 0 N–H and O–H groups in total. The molecule has 4 rings (SSSR count). The van der Waals surface area contributed by atoms with Gasteiger partial charge in [-0.05, 0) is 24.6 Å². The van der Waals surface area contributed by atoms with Crippen LogP contribution in [0.25, 0.3) is 17.0 Å². The second kappa shape index (κ2) is 8.16. The van der Waals surface area contributed by atoms with E-state index in [1.807, 2.05) is 55.5 Å². The van der Waals surface area contributed by atoms with Gasteiger partial charge in [-0.15, -0.1) is 0 Å². The minimum absolute atomic E-state index is 0.108. The van der Waals surface area contributed by atoms with E-state index in [9.17, 15) is 9.59 Å². The lowest BCUT2D eigenvalue weighted by atomic mass is 10.1. The van der Waals surface area contributed by atoms with Crippen molar-refractivity contribution in [1.29, 1.82) is 0 Å². The van der Waals surface area contributed by atoms with Crippen LogP contribution in [-0.2, 0) is 25.5 Å². The number of esters is 2. The Bertz CT molecular complexity index is 1130. The first kappa shape index (κ1) is 19.9. The Morgan fingerprint density at radius 3 is 2.50 bits per heavy atom. The SMILES string of the molecule is CCc1cc(-c2ccc(Cl)cc2)nn1C1=C(OC(C)=O)C(c2ccccc2)OC1=O. The average Bonchev–Trinajstić information content (AvgIpc) is 3.29. The summed E-state index contributed by atoms with van der Waals surface area (Å²) in [7, 11) is 0. The average molecular weight is 423 g/mol. The lowest BCUT2D eigenvalue weighted by Crippen LogP contribution is -2.12. The van der Waals surface area contributed by atoms with Crippen LogP contribution in [-0.4, -0.2) is 21.7 Å². The summed E-state index contributed by atoms with van der Waals surface area (Å²) in [4.78, 5) is 24.7. The summed E-state index contributed by atoms with van der Waals surface area (Å²) in [6, 6.07) is 18.3. The fourth-order valence-electron chi connectivity index (χ4n) is 3.36. The number of aryl methyl sites for hydroxylation is 1. The normalized spacial score (nSPS) is 16.0. The molecule has 152 valence electrons. The van der Waals surface area contributed by atoms with E-state index in [-0.39, 0.29) is 11.5 Å². The van der Waals surface area contributed by atoms with E-state index in [1.165, 1.54) is 11.6 Å². The summed E-state index contributed by atoms with van der Waals surface area (Å²) in [5, 5.41) is 5.25. The highest BCUT2D eigenvalue weighted by Crippen LogP contribution is 2.39. The van der Waals surface area contributed by atoms with Gasteiger partial charge in [-0.2, -0.15) is 5.10 Å². The molecule has 0 saturated carbocycles. The van der Waals surface area contributed by atoms with Crippen molar-refractivity contribution in [1.82, 2.24) is 9.78 Å². The molecule has 3 aromatic rings. The highest BCUT2D eigenvalue weighted by Gasteiger charge is 2.40. The maximum Gasteiger partial charge on any atom is 0.361 e. The van der Waals surface area contributed by atoms with Gasteiger partial charge in [-0.1, -0.05) is 61.0 Å². The predicted molar refractivity (Wildman–Crippen MR) is 112 cm³/mol. The number of hydrogen-bond acceptors (Lipinski definition) is 5. The summed E-state index contributed by atoms with van der Waals surface area (Å²) in [5.41, 5.74) is 3.13. The number of aromatic nitrogens is 2. The highest BCUT2D eigenvalue weighted by molar-refractivity contribution is 6.30. The predicted octanol–water partition coefficient (Wildman–Crippen LogP) is 4.80. The van der Waals surface area contributed by atoms with Crippen molar-refractivity contribution in [2.75, 3.05) is 0 Å². The number of hydrogen-bond donors (Lipinski definition) is 0. The molecule has 0 bridgehead atoms. The van der Waals surface area contributed by atoms with Crippen molar-refractivity contribution >= 4 is 29.2 Å². The van der Waals surface area contributed by atoms with Crippen molar-refractivity contribution in [3.8, 4) is 11.3 Å². The first-order valence-electron chi connectivity index (χ1n) is 9.51. The summed E-state index contributed by atoms with van der Waals surface area (Å²) >= 11 is 5.98. The number of benzene rings is 2. The standard InChI is InChI=1S/C23H19ClN2O4/c1-3-18-13-19(15-9-11-17(24)12-10-15)25-26(18)20-22(29-14(2)27)21(30-23(20)28)16-7-5-4-6-8-16/h4-13,21H,3H2,1-2H3. The topological polar surface area (TPSA) is 70.4 Å². The molecular formula is C23H19ClN2O4.